The summed E-state index contributed by atoms with van der Waals surface area (Å²) in [4.78, 5) is 25.6. The van der Waals surface area contributed by atoms with Gasteiger partial charge in [-0.2, -0.15) is 0 Å². The number of aromatic hydroxyl groups is 1. The number of esters is 1. The molecule has 0 saturated heterocycles. The van der Waals surface area contributed by atoms with Crippen molar-refractivity contribution in [2.45, 2.75) is 44.4 Å². The number of hydrogen-bond donors (Lipinski definition) is 1. The summed E-state index contributed by atoms with van der Waals surface area (Å²) in [7, 11) is 0. The molecule has 2 heterocycles. The van der Waals surface area contributed by atoms with E-state index in [0.29, 0.717) is 33.4 Å². The van der Waals surface area contributed by atoms with E-state index in [-0.39, 0.29) is 34.9 Å². The van der Waals surface area contributed by atoms with Crippen molar-refractivity contribution in [1.29, 1.82) is 0 Å². The number of hydrogen-bond acceptors (Lipinski definition) is 5. The Labute approximate surface area is 178 Å². The average Bonchev–Trinajstić information content (AvgIpc) is 2.74. The number of carbonyl (C=O) groups excluding carboxylic acids is 1. The van der Waals surface area contributed by atoms with Crippen LogP contribution in [0, 0.1) is 5.92 Å². The Kier molecular flexibility index (Phi) is 4.78. The molecule has 1 fully saturated rings. The van der Waals surface area contributed by atoms with Crippen LogP contribution in [-0.4, -0.2) is 11.1 Å². The monoisotopic (exact) mass is 424 g/mol. The second-order valence-corrected chi connectivity index (χ2v) is 8.62. The molecule has 2 aliphatic rings. The summed E-state index contributed by atoms with van der Waals surface area (Å²) in [6.07, 6.45) is 7.22. The number of rotatable bonds is 2. The molecule has 30 heavy (non-hydrogen) atoms. The highest BCUT2D eigenvalue weighted by Gasteiger charge is 2.37. The molecule has 0 amide bonds. The molecule has 6 heteroatoms. The Morgan fingerprint density at radius 3 is 2.50 bits per heavy atom. The highest BCUT2D eigenvalue weighted by molar-refractivity contribution is 6.30. The van der Waals surface area contributed by atoms with E-state index in [1.807, 2.05) is 0 Å². The second kappa shape index (κ2) is 7.47. The molecule has 5 nitrogen and oxygen atoms in total. The Morgan fingerprint density at radius 2 is 1.77 bits per heavy atom. The lowest BCUT2D eigenvalue weighted by Crippen LogP contribution is -2.27. The first-order valence-corrected chi connectivity index (χ1v) is 10.7. The van der Waals surface area contributed by atoms with Crippen molar-refractivity contribution in [2.75, 3.05) is 0 Å². The number of halogens is 1. The fraction of sp³-hybridized carbons (Fsp3) is 0.333. The van der Waals surface area contributed by atoms with E-state index in [1.165, 1.54) is 18.8 Å². The predicted molar refractivity (Wildman–Crippen MR) is 114 cm³/mol. The Morgan fingerprint density at radius 1 is 1.03 bits per heavy atom. The topological polar surface area (TPSA) is 76.7 Å². The van der Waals surface area contributed by atoms with E-state index in [0.717, 1.165) is 31.2 Å². The normalized spacial score (nSPS) is 19.5. The summed E-state index contributed by atoms with van der Waals surface area (Å²) < 4.78 is 11.4. The lowest BCUT2D eigenvalue weighted by molar-refractivity contribution is -0.136. The summed E-state index contributed by atoms with van der Waals surface area (Å²) >= 11 is 5.96. The van der Waals surface area contributed by atoms with Crippen LogP contribution in [0.5, 0.6) is 11.5 Å². The maximum absolute atomic E-state index is 13.3. The number of ether oxygens (including phenoxy) is 1. The molecule has 1 aliphatic heterocycles. The molecular formula is C24H21ClO5. The third-order valence-electron chi connectivity index (χ3n) is 6.38. The van der Waals surface area contributed by atoms with Crippen molar-refractivity contribution in [3.8, 4) is 22.6 Å². The first kappa shape index (κ1) is 19.2. The number of phenols is 1. The number of carbonyl (C=O) groups is 1. The van der Waals surface area contributed by atoms with Crippen LogP contribution < -0.4 is 10.2 Å². The Bertz CT molecular complexity index is 1190. The maximum atomic E-state index is 13.3. The molecule has 0 unspecified atom stereocenters. The van der Waals surface area contributed by atoms with Crippen molar-refractivity contribution < 1.29 is 19.1 Å². The van der Waals surface area contributed by atoms with Crippen molar-refractivity contribution >= 4 is 28.5 Å². The van der Waals surface area contributed by atoms with Crippen LogP contribution in [-0.2, 0) is 4.79 Å². The molecule has 5 rings (SSSR count). The molecule has 0 radical (unpaired) electrons. The van der Waals surface area contributed by atoms with Gasteiger partial charge in [0.15, 0.2) is 0 Å². The van der Waals surface area contributed by atoms with Crippen molar-refractivity contribution in [2.24, 2.45) is 5.92 Å². The van der Waals surface area contributed by atoms with Gasteiger partial charge in [-0.3, -0.25) is 9.59 Å². The van der Waals surface area contributed by atoms with Crippen LogP contribution in [0.4, 0.5) is 0 Å². The van der Waals surface area contributed by atoms with E-state index in [9.17, 15) is 14.7 Å². The van der Waals surface area contributed by atoms with Gasteiger partial charge >= 0.3 is 5.97 Å². The van der Waals surface area contributed by atoms with Gasteiger partial charge in [-0.15, -0.1) is 0 Å². The Balaban J connectivity index is 1.72. The number of fused-ring (bicyclic) bond motifs is 3. The smallest absolute Gasteiger partial charge is 0.311 e. The van der Waals surface area contributed by atoms with Gasteiger partial charge in [0.05, 0.1) is 12.0 Å². The lowest BCUT2D eigenvalue weighted by atomic mass is 9.74. The van der Waals surface area contributed by atoms with Gasteiger partial charge in [-0.05, 0) is 36.5 Å². The first-order chi connectivity index (χ1) is 14.5. The third-order valence-corrected chi connectivity index (χ3v) is 6.63. The van der Waals surface area contributed by atoms with E-state index >= 15 is 0 Å². The van der Waals surface area contributed by atoms with E-state index in [4.69, 9.17) is 20.8 Å². The van der Waals surface area contributed by atoms with E-state index < -0.39 is 0 Å². The van der Waals surface area contributed by atoms with Crippen LogP contribution in [0.1, 0.15) is 50.0 Å². The van der Waals surface area contributed by atoms with Crippen molar-refractivity contribution in [1.82, 2.24) is 0 Å². The SMILES string of the molecule is O=C1C[C@H](C2CCCCC2)c2c(cc(O)c3c(=O)c(-c4ccc(Cl)cc4)coc23)O1. The summed E-state index contributed by atoms with van der Waals surface area (Å²) in [6.45, 7) is 0. The van der Waals surface area contributed by atoms with Gasteiger partial charge in [-0.1, -0.05) is 43.0 Å². The minimum atomic E-state index is -0.321. The van der Waals surface area contributed by atoms with Crippen molar-refractivity contribution in [3.05, 3.63) is 57.4 Å². The molecule has 0 spiro atoms. The van der Waals surface area contributed by atoms with Gasteiger partial charge in [0.25, 0.3) is 0 Å². The molecular weight excluding hydrogens is 404 g/mol. The first-order valence-electron chi connectivity index (χ1n) is 10.3. The standard InChI is InChI=1S/C24H21ClO5/c25-15-8-6-14(7-9-15)17-12-29-24-21-16(13-4-2-1-3-5-13)10-20(27)30-19(21)11-18(26)22(24)23(17)28/h6-9,11-13,16,26H,1-5,10H2/t16-/m1/s1. The van der Waals surface area contributed by atoms with Gasteiger partial charge in [0, 0.05) is 22.6 Å². The van der Waals surface area contributed by atoms with Crippen LogP contribution in [0.2, 0.25) is 5.02 Å². The molecule has 3 aromatic rings. The van der Waals surface area contributed by atoms with Crippen LogP contribution in [0.3, 0.4) is 0 Å². The fourth-order valence-corrected chi connectivity index (χ4v) is 5.06. The minimum absolute atomic E-state index is 0.0748. The molecule has 1 aromatic heterocycles. The molecule has 1 saturated carbocycles. The van der Waals surface area contributed by atoms with Crippen LogP contribution in [0.15, 0.2) is 45.8 Å². The highest BCUT2D eigenvalue weighted by Crippen LogP contribution is 2.48. The summed E-state index contributed by atoms with van der Waals surface area (Å²) in [6, 6.07) is 8.26. The van der Waals surface area contributed by atoms with Gasteiger partial charge in [0.1, 0.15) is 28.7 Å². The van der Waals surface area contributed by atoms with Gasteiger partial charge in [0.2, 0.25) is 5.43 Å². The number of phenolic OH excluding ortho intramolecular Hbond substituents is 1. The maximum Gasteiger partial charge on any atom is 0.311 e. The van der Waals surface area contributed by atoms with Crippen LogP contribution >= 0.6 is 11.6 Å². The lowest BCUT2D eigenvalue weighted by Gasteiger charge is -2.33. The van der Waals surface area contributed by atoms with E-state index in [1.54, 1.807) is 24.3 Å². The molecule has 154 valence electrons. The fourth-order valence-electron chi connectivity index (χ4n) is 4.93. The third kappa shape index (κ3) is 3.18. The zero-order chi connectivity index (χ0) is 20.8. The number of benzene rings is 2. The second-order valence-electron chi connectivity index (χ2n) is 8.18. The summed E-state index contributed by atoms with van der Waals surface area (Å²) in [5, 5.41) is 11.3. The quantitative estimate of drug-likeness (QED) is 0.416. The molecule has 1 aliphatic carbocycles. The highest BCUT2D eigenvalue weighted by atomic mass is 35.5. The summed E-state index contributed by atoms with van der Waals surface area (Å²) in [5.41, 5.74) is 1.72. The molecule has 0 bridgehead atoms. The Hall–Kier alpha value is -2.79. The van der Waals surface area contributed by atoms with Gasteiger partial charge in [-0.25, -0.2) is 0 Å². The zero-order valence-corrected chi connectivity index (χ0v) is 17.1. The van der Waals surface area contributed by atoms with Gasteiger partial charge < -0.3 is 14.3 Å². The molecule has 1 N–H and O–H groups in total. The molecule has 2 aromatic carbocycles. The van der Waals surface area contributed by atoms with Crippen LogP contribution in [0.25, 0.3) is 22.1 Å². The largest absolute Gasteiger partial charge is 0.507 e. The van der Waals surface area contributed by atoms with E-state index in [2.05, 4.69) is 0 Å². The minimum Gasteiger partial charge on any atom is -0.507 e. The molecule has 1 atom stereocenters. The average molecular weight is 425 g/mol. The van der Waals surface area contributed by atoms with Crippen molar-refractivity contribution in [3.63, 3.8) is 0 Å². The zero-order valence-electron chi connectivity index (χ0n) is 16.3. The summed E-state index contributed by atoms with van der Waals surface area (Å²) in [5.74, 6) is 0.00472. The predicted octanol–water partition coefficient (Wildman–Crippen LogP) is 5.79.